The Hall–Kier alpha value is -1.06. The Kier molecular flexibility index (Phi) is 3.93. The van der Waals surface area contributed by atoms with Gasteiger partial charge < -0.3 is 9.30 Å². The number of rotatable bonds is 5. The molecule has 0 atom stereocenters. The number of hydrogen-bond acceptors (Lipinski definition) is 1. The molecule has 1 aromatic heterocycles. The zero-order chi connectivity index (χ0) is 13.2. The first-order valence-electron chi connectivity index (χ1n) is 6.59. The zero-order valence-corrected chi connectivity index (χ0v) is 12.9. The largest absolute Gasteiger partial charge is 0.361 e. The summed E-state index contributed by atoms with van der Waals surface area (Å²) in [4.78, 5) is 0. The van der Waals surface area contributed by atoms with Crippen LogP contribution in [0.15, 0.2) is 30.5 Å². The average molecular weight is 261 g/mol. The quantitative estimate of drug-likeness (QED) is 0.579. The Morgan fingerprint density at radius 2 is 1.89 bits per heavy atom. The highest BCUT2D eigenvalue weighted by atomic mass is 28.3. The Morgan fingerprint density at radius 1 is 1.17 bits per heavy atom. The number of ether oxygens (including phenoxy) is 1. The fraction of sp³-hybridized carbons (Fsp3) is 0.467. The van der Waals surface area contributed by atoms with E-state index in [2.05, 4.69) is 61.6 Å². The van der Waals surface area contributed by atoms with Crippen molar-refractivity contribution in [3.63, 3.8) is 0 Å². The third-order valence-corrected chi connectivity index (χ3v) is 4.92. The molecule has 3 heteroatoms. The second-order valence-electron chi connectivity index (χ2n) is 6.15. The van der Waals surface area contributed by atoms with Gasteiger partial charge in [-0.25, -0.2) is 0 Å². The van der Waals surface area contributed by atoms with E-state index in [4.69, 9.17) is 4.74 Å². The van der Waals surface area contributed by atoms with Crippen LogP contribution in [0.5, 0.6) is 0 Å². The first-order chi connectivity index (χ1) is 8.47. The molecule has 98 valence electrons. The van der Waals surface area contributed by atoms with Crippen LogP contribution in [-0.2, 0) is 11.5 Å². The summed E-state index contributed by atoms with van der Waals surface area (Å²) in [5.41, 5.74) is 2.59. The van der Waals surface area contributed by atoms with Crippen molar-refractivity contribution in [2.75, 3.05) is 6.61 Å². The van der Waals surface area contributed by atoms with Crippen LogP contribution in [0.1, 0.15) is 5.56 Å². The normalized spacial score (nSPS) is 12.2. The summed E-state index contributed by atoms with van der Waals surface area (Å²) < 4.78 is 8.02. The molecule has 0 saturated carbocycles. The molecule has 0 aliphatic heterocycles. The van der Waals surface area contributed by atoms with Crippen molar-refractivity contribution in [2.24, 2.45) is 0 Å². The van der Waals surface area contributed by atoms with Gasteiger partial charge in [-0.2, -0.15) is 0 Å². The molecule has 0 N–H and O–H groups in total. The van der Waals surface area contributed by atoms with Gasteiger partial charge >= 0.3 is 0 Å². The first-order valence-corrected chi connectivity index (χ1v) is 10.3. The molecule has 0 aliphatic rings. The van der Waals surface area contributed by atoms with E-state index in [9.17, 15) is 0 Å². The van der Waals surface area contributed by atoms with Crippen LogP contribution in [0.3, 0.4) is 0 Å². The molecular weight excluding hydrogens is 238 g/mol. The molecule has 1 aromatic carbocycles. The van der Waals surface area contributed by atoms with Crippen molar-refractivity contribution in [3.05, 3.63) is 36.0 Å². The Morgan fingerprint density at radius 3 is 2.61 bits per heavy atom. The third kappa shape index (κ3) is 3.24. The van der Waals surface area contributed by atoms with Crippen molar-refractivity contribution in [3.8, 4) is 0 Å². The molecular formula is C15H23NOSi. The van der Waals surface area contributed by atoms with Gasteiger partial charge in [-0.05, 0) is 24.6 Å². The van der Waals surface area contributed by atoms with E-state index >= 15 is 0 Å². The summed E-state index contributed by atoms with van der Waals surface area (Å²) in [6, 6.07) is 9.73. The molecule has 0 spiro atoms. The van der Waals surface area contributed by atoms with E-state index in [-0.39, 0.29) is 0 Å². The van der Waals surface area contributed by atoms with Crippen LogP contribution >= 0.6 is 0 Å². The molecule has 0 aliphatic carbocycles. The molecule has 1 heterocycles. The highest BCUT2D eigenvalue weighted by Crippen LogP contribution is 2.20. The van der Waals surface area contributed by atoms with Crippen LogP contribution in [0, 0.1) is 6.92 Å². The lowest BCUT2D eigenvalue weighted by Gasteiger charge is -2.15. The molecule has 0 unspecified atom stereocenters. The van der Waals surface area contributed by atoms with Crippen LogP contribution in [0.25, 0.3) is 10.9 Å². The number of nitrogens with zero attached hydrogens (tertiary/aromatic N) is 1. The average Bonchev–Trinajstić information content (AvgIpc) is 2.62. The minimum atomic E-state index is -0.978. The second-order valence-corrected chi connectivity index (χ2v) is 11.8. The minimum absolute atomic E-state index is 0.666. The number of hydrogen-bond donors (Lipinski definition) is 0. The molecule has 0 fully saturated rings. The summed E-state index contributed by atoms with van der Waals surface area (Å²) in [5, 5.41) is 1.33. The molecule has 0 bridgehead atoms. The molecule has 0 saturated heterocycles. The van der Waals surface area contributed by atoms with Gasteiger partial charge in [0.2, 0.25) is 0 Å². The Labute approximate surface area is 111 Å². The van der Waals surface area contributed by atoms with E-state index in [1.165, 1.54) is 22.5 Å². The fourth-order valence-corrected chi connectivity index (χ4v) is 2.84. The van der Waals surface area contributed by atoms with Crippen molar-refractivity contribution in [1.29, 1.82) is 0 Å². The smallest absolute Gasteiger partial charge is 0.122 e. The first kappa shape index (κ1) is 13.4. The summed E-state index contributed by atoms with van der Waals surface area (Å²) in [7, 11) is -0.978. The minimum Gasteiger partial charge on any atom is -0.361 e. The van der Waals surface area contributed by atoms with E-state index in [1.54, 1.807) is 0 Å². The van der Waals surface area contributed by atoms with Crippen molar-refractivity contribution >= 4 is 19.0 Å². The van der Waals surface area contributed by atoms with Crippen molar-refractivity contribution in [1.82, 2.24) is 4.57 Å². The van der Waals surface area contributed by atoms with Gasteiger partial charge in [0, 0.05) is 26.3 Å². The molecule has 0 radical (unpaired) electrons. The van der Waals surface area contributed by atoms with Crippen molar-refractivity contribution in [2.45, 2.75) is 39.3 Å². The number of aromatic nitrogens is 1. The van der Waals surface area contributed by atoms with Gasteiger partial charge in [-0.3, -0.25) is 0 Å². The maximum absolute atomic E-state index is 5.81. The maximum atomic E-state index is 5.81. The predicted molar refractivity (Wildman–Crippen MR) is 80.8 cm³/mol. The van der Waals surface area contributed by atoms with Crippen LogP contribution in [-0.4, -0.2) is 19.2 Å². The van der Waals surface area contributed by atoms with Gasteiger partial charge in [0.1, 0.15) is 6.73 Å². The van der Waals surface area contributed by atoms with Gasteiger partial charge in [-0.1, -0.05) is 37.8 Å². The summed E-state index contributed by atoms with van der Waals surface area (Å²) in [6.07, 6.45) is 2.18. The highest BCUT2D eigenvalue weighted by molar-refractivity contribution is 6.76. The van der Waals surface area contributed by atoms with Gasteiger partial charge in [0.25, 0.3) is 0 Å². The highest BCUT2D eigenvalue weighted by Gasteiger charge is 2.12. The summed E-state index contributed by atoms with van der Waals surface area (Å²) in [5.74, 6) is 0. The van der Waals surface area contributed by atoms with Crippen LogP contribution in [0.2, 0.25) is 25.7 Å². The number of para-hydroxylation sites is 1. The molecule has 2 rings (SSSR count). The number of fused-ring (bicyclic) bond motifs is 1. The fourth-order valence-electron chi connectivity index (χ4n) is 2.08. The van der Waals surface area contributed by atoms with Crippen LogP contribution < -0.4 is 0 Å². The third-order valence-electron chi connectivity index (χ3n) is 3.21. The molecule has 18 heavy (non-hydrogen) atoms. The SMILES string of the molecule is Cc1cn(COCC[Si](C)(C)C)c2ccccc12. The predicted octanol–water partition coefficient (Wildman–Crippen LogP) is 4.26. The van der Waals surface area contributed by atoms with E-state index in [0.717, 1.165) is 6.61 Å². The number of benzene rings is 1. The Bertz CT molecular complexity index is 525. The van der Waals surface area contributed by atoms with E-state index in [1.807, 2.05) is 0 Å². The van der Waals surface area contributed by atoms with E-state index < -0.39 is 8.07 Å². The Balaban J connectivity index is 2.00. The molecule has 0 amide bonds. The lowest BCUT2D eigenvalue weighted by atomic mass is 10.2. The monoisotopic (exact) mass is 261 g/mol. The summed E-state index contributed by atoms with van der Waals surface area (Å²) in [6.45, 7) is 10.8. The van der Waals surface area contributed by atoms with Gasteiger partial charge in [0.15, 0.2) is 0 Å². The maximum Gasteiger partial charge on any atom is 0.122 e. The second kappa shape index (κ2) is 5.29. The van der Waals surface area contributed by atoms with Gasteiger partial charge in [-0.15, -0.1) is 0 Å². The number of aryl methyl sites for hydroxylation is 1. The summed E-state index contributed by atoms with van der Waals surface area (Å²) >= 11 is 0. The van der Waals surface area contributed by atoms with Crippen molar-refractivity contribution < 1.29 is 4.74 Å². The standard InChI is InChI=1S/C15H23NOSi/c1-13-11-16(12-17-9-10-18(2,3)4)15-8-6-5-7-14(13)15/h5-8,11H,9-10,12H2,1-4H3. The molecule has 2 nitrogen and oxygen atoms in total. The van der Waals surface area contributed by atoms with Crippen LogP contribution in [0.4, 0.5) is 0 Å². The lowest BCUT2D eigenvalue weighted by Crippen LogP contribution is -2.21. The lowest BCUT2D eigenvalue weighted by molar-refractivity contribution is 0.0902. The zero-order valence-electron chi connectivity index (χ0n) is 11.9. The topological polar surface area (TPSA) is 14.2 Å². The molecule has 2 aromatic rings. The van der Waals surface area contributed by atoms with E-state index in [0.29, 0.717) is 6.73 Å². The van der Waals surface area contributed by atoms with Gasteiger partial charge in [0.05, 0.1) is 5.52 Å².